The van der Waals surface area contributed by atoms with Crippen molar-refractivity contribution in [2.24, 2.45) is 5.92 Å². The summed E-state index contributed by atoms with van der Waals surface area (Å²) in [5.74, 6) is -0.939. The van der Waals surface area contributed by atoms with Crippen molar-refractivity contribution in [3.8, 4) is 0 Å². The topological polar surface area (TPSA) is 84.9 Å². The Morgan fingerprint density at radius 3 is 2.20 bits per heavy atom. The largest absolute Gasteiger partial charge is 0.480 e. The number of nitrogens with one attached hydrogen (secondary N) is 1. The van der Waals surface area contributed by atoms with Gasteiger partial charge in [-0.3, -0.25) is 0 Å². The van der Waals surface area contributed by atoms with E-state index in [9.17, 15) is 14.7 Å². The Kier molecular flexibility index (Phi) is 5.80. The minimum absolute atomic E-state index is 0.163. The monoisotopic (exact) mass is 287 g/mol. The van der Waals surface area contributed by atoms with Gasteiger partial charge in [0, 0.05) is 7.11 Å². The molecule has 0 spiro atoms. The number of methoxy groups -OCH3 is 1. The third-order valence-electron chi connectivity index (χ3n) is 3.40. The first-order valence-corrected chi connectivity index (χ1v) is 6.99. The number of ether oxygens (including phenoxy) is 2. The molecule has 2 N–H and O–H groups in total. The summed E-state index contributed by atoms with van der Waals surface area (Å²) < 4.78 is 10.4. The zero-order valence-corrected chi connectivity index (χ0v) is 12.6. The lowest BCUT2D eigenvalue weighted by Gasteiger charge is -2.29. The zero-order valence-electron chi connectivity index (χ0n) is 12.6. The fraction of sp³-hybridized carbons (Fsp3) is 0.857. The van der Waals surface area contributed by atoms with Gasteiger partial charge in [0.25, 0.3) is 0 Å². The molecule has 1 saturated carbocycles. The number of carboxylic acids is 1. The van der Waals surface area contributed by atoms with Crippen LogP contribution in [0.15, 0.2) is 0 Å². The van der Waals surface area contributed by atoms with Gasteiger partial charge in [0.05, 0.1) is 6.10 Å². The molecule has 0 aromatic rings. The number of aliphatic carboxylic acids is 1. The van der Waals surface area contributed by atoms with E-state index in [1.165, 1.54) is 7.11 Å². The van der Waals surface area contributed by atoms with E-state index in [-0.39, 0.29) is 5.92 Å². The number of rotatable bonds is 5. The summed E-state index contributed by atoms with van der Waals surface area (Å²) in [6.07, 6.45) is 2.75. The summed E-state index contributed by atoms with van der Waals surface area (Å²) in [6.45, 7) is 5.19. The van der Waals surface area contributed by atoms with Gasteiger partial charge in [0.1, 0.15) is 5.60 Å². The van der Waals surface area contributed by atoms with Gasteiger partial charge in [-0.25, -0.2) is 9.59 Å². The lowest BCUT2D eigenvalue weighted by atomic mass is 9.94. The average molecular weight is 287 g/mol. The molecule has 1 aliphatic carbocycles. The van der Waals surface area contributed by atoms with Gasteiger partial charge in [-0.1, -0.05) is 12.8 Å². The van der Waals surface area contributed by atoms with Crippen molar-refractivity contribution >= 4 is 12.1 Å². The van der Waals surface area contributed by atoms with Gasteiger partial charge in [-0.05, 0) is 39.5 Å². The van der Waals surface area contributed by atoms with Gasteiger partial charge in [-0.2, -0.15) is 0 Å². The Hall–Kier alpha value is -1.30. The van der Waals surface area contributed by atoms with Crippen LogP contribution in [0.5, 0.6) is 0 Å². The second kappa shape index (κ2) is 6.92. The van der Waals surface area contributed by atoms with Crippen LogP contribution in [0.4, 0.5) is 4.79 Å². The average Bonchev–Trinajstić information content (AvgIpc) is 2.79. The van der Waals surface area contributed by atoms with Crippen LogP contribution in [0, 0.1) is 5.92 Å². The molecule has 0 aliphatic heterocycles. The van der Waals surface area contributed by atoms with Crippen LogP contribution in [0.25, 0.3) is 0 Å². The molecule has 0 aromatic carbocycles. The Morgan fingerprint density at radius 1 is 1.25 bits per heavy atom. The van der Waals surface area contributed by atoms with E-state index in [4.69, 9.17) is 9.47 Å². The van der Waals surface area contributed by atoms with Crippen LogP contribution in [0.2, 0.25) is 0 Å². The van der Waals surface area contributed by atoms with Crippen LogP contribution < -0.4 is 5.32 Å². The predicted molar refractivity (Wildman–Crippen MR) is 73.5 cm³/mol. The maximum absolute atomic E-state index is 11.8. The van der Waals surface area contributed by atoms with E-state index in [0.29, 0.717) is 0 Å². The number of hydrogen-bond donors (Lipinski definition) is 2. The Labute approximate surface area is 119 Å². The quantitative estimate of drug-likeness (QED) is 0.809. The molecule has 2 atom stereocenters. The molecular weight excluding hydrogens is 262 g/mol. The van der Waals surface area contributed by atoms with E-state index in [1.807, 2.05) is 0 Å². The fourth-order valence-corrected chi connectivity index (χ4v) is 2.61. The van der Waals surface area contributed by atoms with Crippen molar-refractivity contribution in [2.45, 2.75) is 64.2 Å². The second-order valence-corrected chi connectivity index (χ2v) is 6.21. The van der Waals surface area contributed by atoms with Crippen LogP contribution in [0.1, 0.15) is 46.5 Å². The van der Waals surface area contributed by atoms with Crippen LogP contribution in [-0.2, 0) is 14.3 Å². The van der Waals surface area contributed by atoms with Gasteiger partial charge < -0.3 is 19.9 Å². The molecule has 6 heteroatoms. The van der Waals surface area contributed by atoms with E-state index in [2.05, 4.69) is 5.32 Å². The van der Waals surface area contributed by atoms with Crippen LogP contribution >= 0.6 is 0 Å². The highest BCUT2D eigenvalue weighted by molar-refractivity contribution is 5.80. The first kappa shape index (κ1) is 16.8. The first-order valence-electron chi connectivity index (χ1n) is 6.99. The lowest BCUT2D eigenvalue weighted by molar-refractivity contribution is -0.144. The summed E-state index contributed by atoms with van der Waals surface area (Å²) >= 11 is 0. The normalized spacial score (nSPS) is 19.4. The minimum Gasteiger partial charge on any atom is -0.480 e. The van der Waals surface area contributed by atoms with Gasteiger partial charge >= 0.3 is 12.1 Å². The number of hydrogen-bond acceptors (Lipinski definition) is 4. The zero-order chi connectivity index (χ0) is 15.3. The van der Waals surface area contributed by atoms with Crippen LogP contribution in [0.3, 0.4) is 0 Å². The van der Waals surface area contributed by atoms with Crippen molar-refractivity contribution < 1.29 is 24.2 Å². The summed E-state index contributed by atoms with van der Waals surface area (Å²) in [5.41, 5.74) is -0.664. The number of carboxylic acid groups (broad SMARTS) is 1. The summed E-state index contributed by atoms with van der Waals surface area (Å²) in [7, 11) is 1.48. The van der Waals surface area contributed by atoms with Crippen molar-refractivity contribution in [1.82, 2.24) is 5.32 Å². The summed E-state index contributed by atoms with van der Waals surface area (Å²) in [4.78, 5) is 23.2. The Balaban J connectivity index is 2.71. The molecule has 1 aliphatic rings. The van der Waals surface area contributed by atoms with Crippen molar-refractivity contribution in [3.63, 3.8) is 0 Å². The maximum atomic E-state index is 11.8. The molecule has 0 radical (unpaired) electrons. The predicted octanol–water partition coefficient (Wildman–Crippen LogP) is 2.17. The number of alkyl carbamates (subject to hydrolysis) is 1. The number of carbonyl (C=O) groups is 2. The van der Waals surface area contributed by atoms with Gasteiger partial charge in [0.2, 0.25) is 0 Å². The van der Waals surface area contributed by atoms with E-state index >= 15 is 0 Å². The fourth-order valence-electron chi connectivity index (χ4n) is 2.61. The molecule has 116 valence electrons. The van der Waals surface area contributed by atoms with E-state index in [1.54, 1.807) is 20.8 Å². The third kappa shape index (κ3) is 5.00. The van der Waals surface area contributed by atoms with Gasteiger partial charge in [0.15, 0.2) is 6.04 Å². The van der Waals surface area contributed by atoms with E-state index < -0.39 is 29.8 Å². The van der Waals surface area contributed by atoms with Crippen molar-refractivity contribution in [1.29, 1.82) is 0 Å². The molecule has 20 heavy (non-hydrogen) atoms. The molecule has 0 heterocycles. The molecule has 1 fully saturated rings. The summed E-state index contributed by atoms with van der Waals surface area (Å²) in [6, 6.07) is -1.09. The van der Waals surface area contributed by atoms with Crippen molar-refractivity contribution in [3.05, 3.63) is 0 Å². The van der Waals surface area contributed by atoms with E-state index in [0.717, 1.165) is 25.7 Å². The molecule has 0 saturated heterocycles. The molecule has 6 nitrogen and oxygen atoms in total. The highest BCUT2D eigenvalue weighted by atomic mass is 16.6. The molecule has 0 bridgehead atoms. The molecule has 1 amide bonds. The standard InChI is InChI=1S/C14H25NO5/c1-14(2,3)20-13(18)15-10(12(16)17)11(19-4)9-7-5-6-8-9/h9-11H,5-8H2,1-4H3,(H,15,18)(H,16,17)/t10-,11+/m0/s1. The highest BCUT2D eigenvalue weighted by Crippen LogP contribution is 2.30. The molecular formula is C14H25NO5. The first-order chi connectivity index (χ1) is 9.24. The highest BCUT2D eigenvalue weighted by Gasteiger charge is 2.37. The SMILES string of the molecule is CO[C@H](C1CCCC1)[C@H](NC(=O)OC(C)(C)C)C(=O)O. The maximum Gasteiger partial charge on any atom is 0.408 e. The molecule has 0 aromatic heterocycles. The van der Waals surface area contributed by atoms with Crippen LogP contribution in [-0.4, -0.2) is 42.0 Å². The van der Waals surface area contributed by atoms with Gasteiger partial charge in [-0.15, -0.1) is 0 Å². The minimum atomic E-state index is -1.10. The third-order valence-corrected chi connectivity index (χ3v) is 3.40. The number of amides is 1. The number of carbonyl (C=O) groups excluding carboxylic acids is 1. The summed E-state index contributed by atoms with van der Waals surface area (Å²) in [5, 5.41) is 11.7. The molecule has 1 rings (SSSR count). The Morgan fingerprint density at radius 2 is 1.80 bits per heavy atom. The smallest absolute Gasteiger partial charge is 0.408 e. The lowest BCUT2D eigenvalue weighted by Crippen LogP contribution is -2.52. The Bertz CT molecular complexity index is 344. The van der Waals surface area contributed by atoms with Crippen molar-refractivity contribution in [2.75, 3.05) is 7.11 Å². The molecule has 0 unspecified atom stereocenters. The second-order valence-electron chi connectivity index (χ2n) is 6.21.